The molecule has 0 heterocycles. The van der Waals surface area contributed by atoms with Gasteiger partial charge < -0.3 is 0 Å². The molecule has 0 aromatic heterocycles. The van der Waals surface area contributed by atoms with Crippen molar-refractivity contribution in [3.63, 3.8) is 0 Å². The van der Waals surface area contributed by atoms with Gasteiger partial charge in [0.05, 0.1) is 0 Å². The fourth-order valence-electron chi connectivity index (χ4n) is 1.74. The minimum absolute atomic E-state index is 0.900. The highest BCUT2D eigenvalue weighted by Crippen LogP contribution is 2.41. The molecule has 0 aliphatic heterocycles. The van der Waals surface area contributed by atoms with Gasteiger partial charge in [-0.05, 0) is 48.8 Å². The molecule has 0 heteroatoms. The number of hydrogen-bond donors (Lipinski definition) is 0. The average Bonchev–Trinajstić information content (AvgIpc) is 3.05. The molecule has 14 heavy (non-hydrogen) atoms. The Balaban J connectivity index is 0.000000461. The van der Waals surface area contributed by atoms with Crippen LogP contribution in [0.3, 0.4) is 0 Å². The molecule has 0 unspecified atom stereocenters. The zero-order valence-corrected chi connectivity index (χ0v) is 9.93. The van der Waals surface area contributed by atoms with Crippen LogP contribution in [-0.2, 0) is 6.42 Å². The van der Waals surface area contributed by atoms with Crippen molar-refractivity contribution in [2.24, 2.45) is 0 Å². The molecule has 0 bridgehead atoms. The van der Waals surface area contributed by atoms with E-state index in [4.69, 9.17) is 0 Å². The van der Waals surface area contributed by atoms with Gasteiger partial charge in [0.1, 0.15) is 0 Å². The Bertz CT molecular complexity index is 282. The SMILES string of the molecule is CC.CCc1ccc(C)c(C2CC2)c1. The fourth-order valence-corrected chi connectivity index (χ4v) is 1.74. The largest absolute Gasteiger partial charge is 0.0683 e. The van der Waals surface area contributed by atoms with Crippen LogP contribution in [0.15, 0.2) is 18.2 Å². The molecule has 0 spiro atoms. The van der Waals surface area contributed by atoms with Crippen LogP contribution < -0.4 is 0 Å². The molecule has 0 atom stereocenters. The summed E-state index contributed by atoms with van der Waals surface area (Å²) in [5, 5.41) is 0. The summed E-state index contributed by atoms with van der Waals surface area (Å²) in [7, 11) is 0. The third kappa shape index (κ3) is 2.60. The standard InChI is InChI=1S/C12H16.C2H6/c1-3-10-5-4-9(2)12(8-10)11-6-7-11;1-2/h4-5,8,11H,3,6-7H2,1-2H3;1-2H3. The monoisotopic (exact) mass is 190 g/mol. The molecular weight excluding hydrogens is 168 g/mol. The Kier molecular flexibility index (Phi) is 4.19. The highest BCUT2D eigenvalue weighted by molar-refractivity contribution is 5.36. The lowest BCUT2D eigenvalue weighted by molar-refractivity contribution is 1.06. The Morgan fingerprint density at radius 1 is 1.21 bits per heavy atom. The van der Waals surface area contributed by atoms with E-state index in [1.54, 1.807) is 5.56 Å². The third-order valence-electron chi connectivity index (χ3n) is 2.77. The minimum Gasteiger partial charge on any atom is -0.0683 e. The van der Waals surface area contributed by atoms with Gasteiger partial charge in [-0.3, -0.25) is 0 Å². The lowest BCUT2D eigenvalue weighted by atomic mass is 10.0. The van der Waals surface area contributed by atoms with Crippen molar-refractivity contribution >= 4 is 0 Å². The van der Waals surface area contributed by atoms with E-state index in [0.29, 0.717) is 0 Å². The quantitative estimate of drug-likeness (QED) is 0.646. The lowest BCUT2D eigenvalue weighted by Crippen LogP contribution is -1.88. The summed E-state index contributed by atoms with van der Waals surface area (Å²) in [6.07, 6.45) is 3.99. The van der Waals surface area contributed by atoms with E-state index in [1.807, 2.05) is 13.8 Å². The van der Waals surface area contributed by atoms with E-state index < -0.39 is 0 Å². The maximum absolute atomic E-state index is 2.40. The van der Waals surface area contributed by atoms with Crippen LogP contribution in [0, 0.1) is 6.92 Å². The maximum Gasteiger partial charge on any atom is -0.0159 e. The van der Waals surface area contributed by atoms with Crippen LogP contribution >= 0.6 is 0 Å². The molecule has 1 saturated carbocycles. The molecular formula is C14H22. The van der Waals surface area contributed by atoms with Crippen LogP contribution in [0.5, 0.6) is 0 Å². The van der Waals surface area contributed by atoms with Gasteiger partial charge in [0.25, 0.3) is 0 Å². The highest BCUT2D eigenvalue weighted by atomic mass is 14.3. The number of rotatable bonds is 2. The van der Waals surface area contributed by atoms with Crippen molar-refractivity contribution in [1.82, 2.24) is 0 Å². The van der Waals surface area contributed by atoms with Gasteiger partial charge in [0, 0.05) is 0 Å². The molecule has 0 saturated heterocycles. The minimum atomic E-state index is 0.900. The Morgan fingerprint density at radius 2 is 1.86 bits per heavy atom. The van der Waals surface area contributed by atoms with Gasteiger partial charge in [-0.2, -0.15) is 0 Å². The van der Waals surface area contributed by atoms with Gasteiger partial charge in [-0.1, -0.05) is 39.0 Å². The summed E-state index contributed by atoms with van der Waals surface area (Å²) >= 11 is 0. The van der Waals surface area contributed by atoms with Gasteiger partial charge in [-0.15, -0.1) is 0 Å². The highest BCUT2D eigenvalue weighted by Gasteiger charge is 2.24. The van der Waals surface area contributed by atoms with Crippen LogP contribution in [-0.4, -0.2) is 0 Å². The summed E-state index contributed by atoms with van der Waals surface area (Å²) in [5.74, 6) is 0.900. The smallest absolute Gasteiger partial charge is 0.0159 e. The second-order valence-corrected chi connectivity index (χ2v) is 3.82. The topological polar surface area (TPSA) is 0 Å². The van der Waals surface area contributed by atoms with Crippen molar-refractivity contribution in [2.45, 2.75) is 52.9 Å². The Labute approximate surface area is 88.4 Å². The molecule has 0 nitrogen and oxygen atoms in total. The first-order valence-corrected chi connectivity index (χ1v) is 5.90. The summed E-state index contributed by atoms with van der Waals surface area (Å²) in [6, 6.07) is 6.92. The van der Waals surface area contributed by atoms with Crippen molar-refractivity contribution in [3.05, 3.63) is 34.9 Å². The molecule has 0 radical (unpaired) electrons. The molecule has 1 aromatic carbocycles. The fraction of sp³-hybridized carbons (Fsp3) is 0.571. The van der Waals surface area contributed by atoms with E-state index in [-0.39, 0.29) is 0 Å². The number of hydrogen-bond acceptors (Lipinski definition) is 0. The first-order chi connectivity index (χ1) is 6.81. The van der Waals surface area contributed by atoms with E-state index >= 15 is 0 Å². The van der Waals surface area contributed by atoms with Gasteiger partial charge in [0.15, 0.2) is 0 Å². The second-order valence-electron chi connectivity index (χ2n) is 3.82. The molecule has 0 amide bonds. The van der Waals surface area contributed by atoms with Crippen LogP contribution in [0.1, 0.15) is 56.2 Å². The Morgan fingerprint density at radius 3 is 2.36 bits per heavy atom. The molecule has 0 N–H and O–H groups in total. The predicted molar refractivity (Wildman–Crippen MR) is 63.9 cm³/mol. The van der Waals surface area contributed by atoms with Crippen molar-refractivity contribution in [2.75, 3.05) is 0 Å². The van der Waals surface area contributed by atoms with Gasteiger partial charge >= 0.3 is 0 Å². The number of aryl methyl sites for hydroxylation is 2. The van der Waals surface area contributed by atoms with Crippen molar-refractivity contribution in [3.8, 4) is 0 Å². The normalized spacial score (nSPS) is 14.6. The maximum atomic E-state index is 2.40. The predicted octanol–water partition coefficient (Wildman–Crippen LogP) is 4.46. The summed E-state index contributed by atoms with van der Waals surface area (Å²) in [4.78, 5) is 0. The van der Waals surface area contributed by atoms with E-state index in [0.717, 1.165) is 5.92 Å². The molecule has 1 aliphatic carbocycles. The lowest BCUT2D eigenvalue weighted by Gasteiger charge is -2.05. The second kappa shape index (κ2) is 5.19. The molecule has 1 fully saturated rings. The van der Waals surface area contributed by atoms with Gasteiger partial charge in [0.2, 0.25) is 0 Å². The zero-order valence-electron chi connectivity index (χ0n) is 9.93. The molecule has 78 valence electrons. The van der Waals surface area contributed by atoms with Gasteiger partial charge in [-0.25, -0.2) is 0 Å². The van der Waals surface area contributed by atoms with Crippen LogP contribution in [0.25, 0.3) is 0 Å². The summed E-state index contributed by atoms with van der Waals surface area (Å²) < 4.78 is 0. The zero-order chi connectivity index (χ0) is 10.6. The first kappa shape index (κ1) is 11.3. The van der Waals surface area contributed by atoms with E-state index in [2.05, 4.69) is 32.0 Å². The van der Waals surface area contributed by atoms with E-state index in [9.17, 15) is 0 Å². The molecule has 2 rings (SSSR count). The summed E-state index contributed by atoms with van der Waals surface area (Å²) in [5.41, 5.74) is 4.58. The first-order valence-electron chi connectivity index (χ1n) is 5.90. The van der Waals surface area contributed by atoms with E-state index in [1.165, 1.54) is 30.4 Å². The summed E-state index contributed by atoms with van der Waals surface area (Å²) in [6.45, 7) is 8.45. The average molecular weight is 190 g/mol. The third-order valence-corrected chi connectivity index (χ3v) is 2.77. The number of benzene rings is 1. The van der Waals surface area contributed by atoms with Crippen molar-refractivity contribution in [1.29, 1.82) is 0 Å². The Hall–Kier alpha value is -0.780. The van der Waals surface area contributed by atoms with Crippen LogP contribution in [0.2, 0.25) is 0 Å². The molecule has 1 aromatic rings. The van der Waals surface area contributed by atoms with Crippen LogP contribution in [0.4, 0.5) is 0 Å². The van der Waals surface area contributed by atoms with Crippen molar-refractivity contribution < 1.29 is 0 Å². The molecule has 1 aliphatic rings.